The van der Waals surface area contributed by atoms with Crippen LogP contribution in [0.4, 0.5) is 0 Å². The Kier molecular flexibility index (Phi) is 3.79. The van der Waals surface area contributed by atoms with E-state index < -0.39 is 0 Å². The van der Waals surface area contributed by atoms with Gasteiger partial charge in [0.25, 0.3) is 0 Å². The summed E-state index contributed by atoms with van der Waals surface area (Å²) in [5, 5.41) is 1.39. The Balaban J connectivity index is 2.37. The molecule has 1 aliphatic carbocycles. The molecule has 2 aromatic rings. The molecule has 1 aromatic heterocycles. The third-order valence-electron chi connectivity index (χ3n) is 5.12. The SMILES string of the molecule is Cc1c2c(cc3c(C(C)C)cc(C(C)(C)C)nc13)CCCC2. The molecule has 0 fully saturated rings. The van der Waals surface area contributed by atoms with Crippen molar-refractivity contribution in [3.8, 4) is 0 Å². The van der Waals surface area contributed by atoms with Crippen molar-refractivity contribution in [1.82, 2.24) is 4.98 Å². The second kappa shape index (κ2) is 5.37. The van der Waals surface area contributed by atoms with Crippen molar-refractivity contribution in [2.24, 2.45) is 0 Å². The van der Waals surface area contributed by atoms with Gasteiger partial charge < -0.3 is 0 Å². The van der Waals surface area contributed by atoms with Crippen LogP contribution in [0.1, 0.15) is 81.3 Å². The standard InChI is InChI=1S/C21H29N/c1-13(2)17-12-19(21(4,5)6)22-20-14(3)16-10-8-7-9-15(16)11-18(17)20/h11-13H,7-10H2,1-6H3. The van der Waals surface area contributed by atoms with E-state index >= 15 is 0 Å². The molecule has 1 nitrogen and oxygen atoms in total. The van der Waals surface area contributed by atoms with E-state index in [1.54, 1.807) is 11.1 Å². The van der Waals surface area contributed by atoms with Gasteiger partial charge in [-0.15, -0.1) is 0 Å². The van der Waals surface area contributed by atoms with E-state index in [4.69, 9.17) is 4.98 Å². The number of nitrogens with zero attached hydrogens (tertiary/aromatic N) is 1. The van der Waals surface area contributed by atoms with Gasteiger partial charge in [-0.25, -0.2) is 0 Å². The first kappa shape index (κ1) is 15.5. The van der Waals surface area contributed by atoms with E-state index in [9.17, 15) is 0 Å². The fourth-order valence-corrected chi connectivity index (χ4v) is 3.71. The van der Waals surface area contributed by atoms with Gasteiger partial charge in [0.2, 0.25) is 0 Å². The van der Waals surface area contributed by atoms with Crippen molar-refractivity contribution in [3.05, 3.63) is 40.1 Å². The van der Waals surface area contributed by atoms with Crippen LogP contribution in [0.25, 0.3) is 10.9 Å². The molecule has 22 heavy (non-hydrogen) atoms. The molecule has 0 saturated heterocycles. The van der Waals surface area contributed by atoms with E-state index in [0.29, 0.717) is 5.92 Å². The lowest BCUT2D eigenvalue weighted by Crippen LogP contribution is -2.15. The van der Waals surface area contributed by atoms with Gasteiger partial charge in [0.15, 0.2) is 0 Å². The van der Waals surface area contributed by atoms with Crippen molar-refractivity contribution in [1.29, 1.82) is 0 Å². The van der Waals surface area contributed by atoms with Gasteiger partial charge in [-0.2, -0.15) is 0 Å². The molecule has 0 atom stereocenters. The highest BCUT2D eigenvalue weighted by atomic mass is 14.7. The Labute approximate surface area is 135 Å². The number of rotatable bonds is 1. The lowest BCUT2D eigenvalue weighted by Gasteiger charge is -2.25. The molecule has 0 radical (unpaired) electrons. The normalized spacial score (nSPS) is 15.4. The number of aryl methyl sites for hydroxylation is 2. The maximum atomic E-state index is 5.10. The molecule has 1 heteroatoms. The van der Waals surface area contributed by atoms with Crippen LogP contribution in [0.5, 0.6) is 0 Å². The van der Waals surface area contributed by atoms with Crippen LogP contribution < -0.4 is 0 Å². The minimum Gasteiger partial charge on any atom is -0.252 e. The van der Waals surface area contributed by atoms with E-state index in [-0.39, 0.29) is 5.41 Å². The largest absolute Gasteiger partial charge is 0.252 e. The maximum absolute atomic E-state index is 5.10. The highest BCUT2D eigenvalue weighted by Crippen LogP contribution is 2.36. The minimum atomic E-state index is 0.0974. The number of benzene rings is 1. The van der Waals surface area contributed by atoms with Crippen molar-refractivity contribution < 1.29 is 0 Å². The fourth-order valence-electron chi connectivity index (χ4n) is 3.71. The topological polar surface area (TPSA) is 12.9 Å². The second-order valence-corrected chi connectivity index (χ2v) is 8.24. The summed E-state index contributed by atoms with van der Waals surface area (Å²) < 4.78 is 0. The summed E-state index contributed by atoms with van der Waals surface area (Å²) in [5.74, 6) is 0.535. The monoisotopic (exact) mass is 295 g/mol. The first-order chi connectivity index (χ1) is 10.3. The van der Waals surface area contributed by atoms with Crippen LogP contribution in [0, 0.1) is 6.92 Å². The third kappa shape index (κ3) is 2.55. The van der Waals surface area contributed by atoms with E-state index in [1.165, 1.54) is 53.4 Å². The zero-order valence-electron chi connectivity index (χ0n) is 15.0. The second-order valence-electron chi connectivity index (χ2n) is 8.24. The summed E-state index contributed by atoms with van der Waals surface area (Å²) in [6, 6.07) is 4.80. The fraction of sp³-hybridized carbons (Fsp3) is 0.571. The van der Waals surface area contributed by atoms with Crippen LogP contribution >= 0.6 is 0 Å². The molecule has 118 valence electrons. The summed E-state index contributed by atoms with van der Waals surface area (Å²) in [6.07, 6.45) is 5.14. The third-order valence-corrected chi connectivity index (χ3v) is 5.12. The molecule has 0 saturated carbocycles. The summed E-state index contributed by atoms with van der Waals surface area (Å²) >= 11 is 0. The van der Waals surface area contributed by atoms with Crippen LogP contribution in [-0.4, -0.2) is 4.98 Å². The molecule has 0 unspecified atom stereocenters. The zero-order chi connectivity index (χ0) is 16.1. The smallest absolute Gasteiger partial charge is 0.0740 e. The number of fused-ring (bicyclic) bond motifs is 2. The van der Waals surface area contributed by atoms with Gasteiger partial charge in [-0.05, 0) is 72.9 Å². The Morgan fingerprint density at radius 2 is 1.73 bits per heavy atom. The summed E-state index contributed by atoms with van der Waals surface area (Å²) in [7, 11) is 0. The summed E-state index contributed by atoms with van der Waals surface area (Å²) in [6.45, 7) is 13.7. The number of aromatic nitrogens is 1. The highest BCUT2D eigenvalue weighted by Gasteiger charge is 2.22. The molecule has 1 aromatic carbocycles. The van der Waals surface area contributed by atoms with Gasteiger partial charge in [-0.1, -0.05) is 34.6 Å². The Bertz CT molecular complexity index is 717. The molecule has 0 bridgehead atoms. The predicted molar refractivity (Wildman–Crippen MR) is 95.9 cm³/mol. The lowest BCUT2D eigenvalue weighted by molar-refractivity contribution is 0.569. The van der Waals surface area contributed by atoms with E-state index in [0.717, 1.165) is 0 Å². The molecule has 0 aliphatic heterocycles. The molecule has 0 spiro atoms. The number of pyridine rings is 1. The summed E-state index contributed by atoms with van der Waals surface area (Å²) in [5.41, 5.74) is 8.61. The van der Waals surface area contributed by atoms with Gasteiger partial charge in [0.05, 0.1) is 5.52 Å². The van der Waals surface area contributed by atoms with Gasteiger partial charge >= 0.3 is 0 Å². The number of hydrogen-bond donors (Lipinski definition) is 0. The van der Waals surface area contributed by atoms with Gasteiger partial charge in [0, 0.05) is 16.5 Å². The van der Waals surface area contributed by atoms with Gasteiger partial charge in [0.1, 0.15) is 0 Å². The van der Waals surface area contributed by atoms with Crippen molar-refractivity contribution in [3.63, 3.8) is 0 Å². The molecule has 1 heterocycles. The zero-order valence-corrected chi connectivity index (χ0v) is 15.0. The molecular formula is C21H29N. The van der Waals surface area contributed by atoms with Gasteiger partial charge in [-0.3, -0.25) is 4.98 Å². The van der Waals surface area contributed by atoms with Crippen LogP contribution in [-0.2, 0) is 18.3 Å². The number of hydrogen-bond acceptors (Lipinski definition) is 1. The van der Waals surface area contributed by atoms with E-state index in [1.807, 2.05) is 0 Å². The average molecular weight is 295 g/mol. The van der Waals surface area contributed by atoms with Crippen molar-refractivity contribution in [2.75, 3.05) is 0 Å². The Morgan fingerprint density at radius 3 is 2.36 bits per heavy atom. The molecular weight excluding hydrogens is 266 g/mol. The molecule has 3 rings (SSSR count). The first-order valence-corrected chi connectivity index (χ1v) is 8.75. The van der Waals surface area contributed by atoms with Crippen molar-refractivity contribution in [2.45, 2.75) is 78.6 Å². The highest BCUT2D eigenvalue weighted by molar-refractivity contribution is 5.88. The average Bonchev–Trinajstić information content (AvgIpc) is 2.45. The molecule has 0 N–H and O–H groups in total. The van der Waals surface area contributed by atoms with Crippen LogP contribution in [0.2, 0.25) is 0 Å². The first-order valence-electron chi connectivity index (χ1n) is 8.75. The van der Waals surface area contributed by atoms with E-state index in [2.05, 4.69) is 53.7 Å². The summed E-state index contributed by atoms with van der Waals surface area (Å²) in [4.78, 5) is 5.10. The predicted octanol–water partition coefficient (Wildman–Crippen LogP) is 5.84. The maximum Gasteiger partial charge on any atom is 0.0740 e. The Morgan fingerprint density at radius 1 is 1.05 bits per heavy atom. The van der Waals surface area contributed by atoms with Crippen LogP contribution in [0.3, 0.4) is 0 Å². The molecule has 1 aliphatic rings. The van der Waals surface area contributed by atoms with Crippen molar-refractivity contribution >= 4 is 10.9 Å². The quantitative estimate of drug-likeness (QED) is 0.643. The lowest BCUT2D eigenvalue weighted by atomic mass is 9.83. The Hall–Kier alpha value is -1.37. The molecule has 0 amide bonds. The minimum absolute atomic E-state index is 0.0974. The van der Waals surface area contributed by atoms with Crippen LogP contribution in [0.15, 0.2) is 12.1 Å².